The number of nitrogens with one attached hydrogen (secondary N) is 2. The van der Waals surface area contributed by atoms with E-state index < -0.39 is 12.2 Å². The lowest BCUT2D eigenvalue weighted by atomic mass is 10.2. The quantitative estimate of drug-likeness (QED) is 0.680. The smallest absolute Gasteiger partial charge is 0.261 e. The molecule has 0 saturated heterocycles. The van der Waals surface area contributed by atoms with Crippen molar-refractivity contribution in [3.05, 3.63) is 59.7 Å². The first-order valence-corrected chi connectivity index (χ1v) is 9.79. The first kappa shape index (κ1) is 22.3. The second-order valence-corrected chi connectivity index (χ2v) is 7.30. The van der Waals surface area contributed by atoms with Crippen LogP contribution in [0.4, 0.5) is 0 Å². The van der Waals surface area contributed by atoms with Gasteiger partial charge < -0.3 is 20.1 Å². The van der Waals surface area contributed by atoms with Crippen LogP contribution in [0.2, 0.25) is 0 Å². The van der Waals surface area contributed by atoms with E-state index in [9.17, 15) is 9.59 Å². The van der Waals surface area contributed by atoms with E-state index in [1.165, 1.54) is 0 Å². The van der Waals surface area contributed by atoms with E-state index in [-0.39, 0.29) is 17.9 Å². The lowest BCUT2D eigenvalue weighted by Crippen LogP contribution is -2.48. The summed E-state index contributed by atoms with van der Waals surface area (Å²) in [7, 11) is 0. The number of carbonyl (C=O) groups is 2. The molecular weight excluding hydrogens is 368 g/mol. The van der Waals surface area contributed by atoms with Gasteiger partial charge in [-0.15, -0.1) is 0 Å². The van der Waals surface area contributed by atoms with Crippen molar-refractivity contribution in [2.24, 2.45) is 0 Å². The number of carbonyl (C=O) groups excluding carboxylic acids is 2. The predicted octanol–water partition coefficient (Wildman–Crippen LogP) is 3.16. The van der Waals surface area contributed by atoms with Gasteiger partial charge in [0, 0.05) is 12.6 Å². The molecule has 3 atom stereocenters. The molecule has 2 N–H and O–H groups in total. The van der Waals surface area contributed by atoms with Crippen LogP contribution in [0.1, 0.15) is 31.9 Å². The van der Waals surface area contributed by atoms with Gasteiger partial charge in [0.1, 0.15) is 11.5 Å². The van der Waals surface area contributed by atoms with Gasteiger partial charge in [-0.25, -0.2) is 0 Å². The molecule has 0 aliphatic heterocycles. The Labute approximate surface area is 172 Å². The molecule has 0 radical (unpaired) electrons. The summed E-state index contributed by atoms with van der Waals surface area (Å²) in [5.74, 6) is 0.801. The summed E-state index contributed by atoms with van der Waals surface area (Å²) in [6, 6.07) is 14.8. The minimum Gasteiger partial charge on any atom is -0.481 e. The van der Waals surface area contributed by atoms with Crippen LogP contribution in [-0.2, 0) is 9.59 Å². The van der Waals surface area contributed by atoms with Crippen molar-refractivity contribution in [2.75, 3.05) is 6.54 Å². The standard InChI is InChI=1S/C23H30N2O4/c1-15-6-10-20(11-7-15)28-18(4)22(26)24-14-17(3)25-23(27)19(5)29-21-12-8-16(2)9-13-21/h6-13,17-19H,14H2,1-5H3,(H,24,26)(H,25,27)/t17-,18+,19-/m1/s1. The molecule has 0 aromatic heterocycles. The third kappa shape index (κ3) is 7.49. The Morgan fingerprint density at radius 3 is 1.62 bits per heavy atom. The van der Waals surface area contributed by atoms with Crippen molar-refractivity contribution < 1.29 is 19.1 Å². The van der Waals surface area contributed by atoms with Crippen molar-refractivity contribution in [2.45, 2.75) is 52.9 Å². The van der Waals surface area contributed by atoms with Crippen LogP contribution in [0, 0.1) is 13.8 Å². The summed E-state index contributed by atoms with van der Waals surface area (Å²) in [5.41, 5.74) is 2.25. The Balaban J connectivity index is 1.73. The van der Waals surface area contributed by atoms with E-state index in [0.29, 0.717) is 18.0 Å². The molecule has 0 spiro atoms. The number of aryl methyl sites for hydroxylation is 2. The van der Waals surface area contributed by atoms with E-state index in [2.05, 4.69) is 10.6 Å². The molecule has 29 heavy (non-hydrogen) atoms. The third-order valence-corrected chi connectivity index (χ3v) is 4.38. The summed E-state index contributed by atoms with van der Waals surface area (Å²) in [6.45, 7) is 9.48. The SMILES string of the molecule is Cc1ccc(O[C@@H](C)C(=O)NC[C@@H](C)NC(=O)[C@@H](C)Oc2ccc(C)cc2)cc1. The van der Waals surface area contributed by atoms with Crippen LogP contribution in [-0.4, -0.2) is 36.6 Å². The summed E-state index contributed by atoms with van der Waals surface area (Å²) in [4.78, 5) is 24.5. The molecule has 6 heteroatoms. The van der Waals surface area contributed by atoms with Crippen LogP contribution < -0.4 is 20.1 Å². The molecule has 0 saturated carbocycles. The first-order chi connectivity index (χ1) is 13.7. The molecule has 2 amide bonds. The highest BCUT2D eigenvalue weighted by molar-refractivity contribution is 5.82. The van der Waals surface area contributed by atoms with E-state index in [4.69, 9.17) is 9.47 Å². The number of amides is 2. The molecule has 2 rings (SSSR count). The summed E-state index contributed by atoms with van der Waals surface area (Å²) in [5, 5.41) is 5.64. The minimum atomic E-state index is -0.639. The number of rotatable bonds is 9. The summed E-state index contributed by atoms with van der Waals surface area (Å²) < 4.78 is 11.3. The lowest BCUT2D eigenvalue weighted by Gasteiger charge is -2.20. The molecule has 0 heterocycles. The number of ether oxygens (including phenoxy) is 2. The Bertz CT molecular complexity index is 803. The Morgan fingerprint density at radius 2 is 1.17 bits per heavy atom. The molecule has 0 bridgehead atoms. The van der Waals surface area contributed by atoms with Gasteiger partial charge in [-0.05, 0) is 58.9 Å². The largest absolute Gasteiger partial charge is 0.481 e. The molecule has 156 valence electrons. The molecule has 2 aromatic rings. The maximum atomic E-state index is 12.3. The number of benzene rings is 2. The predicted molar refractivity (Wildman–Crippen MR) is 113 cm³/mol. The maximum absolute atomic E-state index is 12.3. The summed E-state index contributed by atoms with van der Waals surface area (Å²) in [6.07, 6.45) is -1.27. The molecular formula is C23H30N2O4. The fourth-order valence-electron chi connectivity index (χ4n) is 2.56. The Hall–Kier alpha value is -3.02. The lowest BCUT2D eigenvalue weighted by molar-refractivity contribution is -0.129. The van der Waals surface area contributed by atoms with E-state index in [0.717, 1.165) is 11.1 Å². The fraction of sp³-hybridized carbons (Fsp3) is 0.391. The Morgan fingerprint density at radius 1 is 0.759 bits per heavy atom. The Kier molecular flexibility index (Phi) is 8.07. The van der Waals surface area contributed by atoms with Gasteiger partial charge in [0.2, 0.25) is 0 Å². The van der Waals surface area contributed by atoms with E-state index >= 15 is 0 Å². The van der Waals surface area contributed by atoms with Crippen molar-refractivity contribution in [1.82, 2.24) is 10.6 Å². The van der Waals surface area contributed by atoms with E-state index in [1.807, 2.05) is 69.3 Å². The zero-order chi connectivity index (χ0) is 21.4. The van der Waals surface area contributed by atoms with Crippen LogP contribution in [0.3, 0.4) is 0 Å². The van der Waals surface area contributed by atoms with Crippen LogP contribution in [0.25, 0.3) is 0 Å². The normalized spacial score (nSPS) is 13.7. The number of hydrogen-bond acceptors (Lipinski definition) is 4. The second-order valence-electron chi connectivity index (χ2n) is 7.30. The fourth-order valence-corrected chi connectivity index (χ4v) is 2.56. The van der Waals surface area contributed by atoms with E-state index in [1.54, 1.807) is 13.8 Å². The van der Waals surface area contributed by atoms with Crippen molar-refractivity contribution in [3.63, 3.8) is 0 Å². The van der Waals surface area contributed by atoms with Crippen LogP contribution >= 0.6 is 0 Å². The number of hydrogen-bond donors (Lipinski definition) is 2. The average Bonchev–Trinajstić information content (AvgIpc) is 2.69. The topological polar surface area (TPSA) is 76.7 Å². The first-order valence-electron chi connectivity index (χ1n) is 9.79. The van der Waals surface area contributed by atoms with Gasteiger partial charge in [-0.1, -0.05) is 35.4 Å². The van der Waals surface area contributed by atoms with Gasteiger partial charge in [-0.3, -0.25) is 9.59 Å². The second kappa shape index (κ2) is 10.5. The van der Waals surface area contributed by atoms with Gasteiger partial charge in [0.15, 0.2) is 12.2 Å². The molecule has 0 unspecified atom stereocenters. The molecule has 0 fully saturated rings. The van der Waals surface area contributed by atoms with Crippen molar-refractivity contribution in [3.8, 4) is 11.5 Å². The molecule has 2 aromatic carbocycles. The summed E-state index contributed by atoms with van der Waals surface area (Å²) >= 11 is 0. The molecule has 0 aliphatic carbocycles. The van der Waals surface area contributed by atoms with Gasteiger partial charge in [0.05, 0.1) is 0 Å². The van der Waals surface area contributed by atoms with Crippen molar-refractivity contribution >= 4 is 11.8 Å². The van der Waals surface area contributed by atoms with Crippen LogP contribution in [0.15, 0.2) is 48.5 Å². The maximum Gasteiger partial charge on any atom is 0.261 e. The van der Waals surface area contributed by atoms with Gasteiger partial charge in [-0.2, -0.15) is 0 Å². The highest BCUT2D eigenvalue weighted by Crippen LogP contribution is 2.14. The zero-order valence-electron chi connectivity index (χ0n) is 17.7. The van der Waals surface area contributed by atoms with Gasteiger partial charge >= 0.3 is 0 Å². The molecule has 0 aliphatic rings. The zero-order valence-corrected chi connectivity index (χ0v) is 17.7. The van der Waals surface area contributed by atoms with Crippen LogP contribution in [0.5, 0.6) is 11.5 Å². The monoisotopic (exact) mass is 398 g/mol. The van der Waals surface area contributed by atoms with Crippen molar-refractivity contribution in [1.29, 1.82) is 0 Å². The van der Waals surface area contributed by atoms with Gasteiger partial charge in [0.25, 0.3) is 11.8 Å². The average molecular weight is 399 g/mol. The minimum absolute atomic E-state index is 0.240. The third-order valence-electron chi connectivity index (χ3n) is 4.38. The molecule has 6 nitrogen and oxygen atoms in total. The highest BCUT2D eigenvalue weighted by Gasteiger charge is 2.19. The highest BCUT2D eigenvalue weighted by atomic mass is 16.5.